The molecule has 5 nitrogen and oxygen atoms in total. The van der Waals surface area contributed by atoms with Crippen LogP contribution >= 0.6 is 11.6 Å². The zero-order chi connectivity index (χ0) is 19.9. The Morgan fingerprint density at radius 2 is 1.68 bits per heavy atom. The van der Waals surface area contributed by atoms with E-state index in [-0.39, 0.29) is 11.8 Å². The van der Waals surface area contributed by atoms with Crippen molar-refractivity contribution in [2.24, 2.45) is 0 Å². The number of benzene rings is 2. The SMILES string of the molecule is C[C@H](NC(=O)c1ccccc1Cl)C(=O)NCc1ccccc1C[NH+]1CCCC1. The molecule has 0 unspecified atom stereocenters. The lowest BCUT2D eigenvalue weighted by Gasteiger charge is -2.17. The molecule has 1 heterocycles. The molecule has 28 heavy (non-hydrogen) atoms. The van der Waals surface area contributed by atoms with Crippen LogP contribution in [0.4, 0.5) is 0 Å². The third-order valence-corrected chi connectivity index (χ3v) is 5.51. The highest BCUT2D eigenvalue weighted by Gasteiger charge is 2.20. The summed E-state index contributed by atoms with van der Waals surface area (Å²) in [6.45, 7) is 5.54. The summed E-state index contributed by atoms with van der Waals surface area (Å²) in [7, 11) is 0. The van der Waals surface area contributed by atoms with E-state index in [2.05, 4.69) is 22.8 Å². The Kier molecular flexibility index (Phi) is 7.06. The van der Waals surface area contributed by atoms with Crippen LogP contribution in [0.2, 0.25) is 5.02 Å². The fraction of sp³-hybridized carbons (Fsp3) is 0.364. The lowest BCUT2D eigenvalue weighted by molar-refractivity contribution is -0.901. The highest BCUT2D eigenvalue weighted by Crippen LogP contribution is 2.14. The molecule has 0 radical (unpaired) electrons. The normalized spacial score (nSPS) is 15.2. The molecule has 0 spiro atoms. The van der Waals surface area contributed by atoms with Crippen molar-refractivity contribution in [3.05, 3.63) is 70.2 Å². The Labute approximate surface area is 171 Å². The van der Waals surface area contributed by atoms with Crippen LogP contribution in [0.15, 0.2) is 48.5 Å². The van der Waals surface area contributed by atoms with Gasteiger partial charge in [0.15, 0.2) is 0 Å². The van der Waals surface area contributed by atoms with Gasteiger partial charge in [-0.2, -0.15) is 0 Å². The number of hydrogen-bond acceptors (Lipinski definition) is 2. The van der Waals surface area contributed by atoms with Gasteiger partial charge in [-0.1, -0.05) is 48.0 Å². The molecule has 0 aliphatic carbocycles. The van der Waals surface area contributed by atoms with Gasteiger partial charge in [0.2, 0.25) is 5.91 Å². The molecule has 1 saturated heterocycles. The van der Waals surface area contributed by atoms with Gasteiger partial charge in [0.25, 0.3) is 5.91 Å². The van der Waals surface area contributed by atoms with Crippen LogP contribution in [0, 0.1) is 0 Å². The molecular weight excluding hydrogens is 374 g/mol. The van der Waals surface area contributed by atoms with Gasteiger partial charge in [-0.25, -0.2) is 0 Å². The minimum Gasteiger partial charge on any atom is -0.350 e. The lowest BCUT2D eigenvalue weighted by atomic mass is 10.1. The van der Waals surface area contributed by atoms with E-state index in [0.717, 1.165) is 12.1 Å². The molecule has 0 saturated carbocycles. The van der Waals surface area contributed by atoms with Crippen LogP contribution in [0.3, 0.4) is 0 Å². The minimum absolute atomic E-state index is 0.219. The summed E-state index contributed by atoms with van der Waals surface area (Å²) in [5.74, 6) is -0.574. The average molecular weight is 401 g/mol. The van der Waals surface area contributed by atoms with Crippen LogP contribution in [0.1, 0.15) is 41.3 Å². The van der Waals surface area contributed by atoms with Crippen molar-refractivity contribution in [1.82, 2.24) is 10.6 Å². The van der Waals surface area contributed by atoms with Crippen LogP contribution in [-0.2, 0) is 17.9 Å². The number of nitrogens with one attached hydrogen (secondary N) is 3. The van der Waals surface area contributed by atoms with Crippen molar-refractivity contribution in [2.75, 3.05) is 13.1 Å². The fourth-order valence-electron chi connectivity index (χ4n) is 3.54. The zero-order valence-electron chi connectivity index (χ0n) is 16.1. The maximum absolute atomic E-state index is 12.5. The van der Waals surface area contributed by atoms with E-state index in [4.69, 9.17) is 11.6 Å². The minimum atomic E-state index is -0.653. The first-order valence-corrected chi connectivity index (χ1v) is 10.2. The number of carbonyl (C=O) groups excluding carboxylic acids is 2. The summed E-state index contributed by atoms with van der Waals surface area (Å²) in [6, 6.07) is 14.4. The van der Waals surface area contributed by atoms with Crippen molar-refractivity contribution in [1.29, 1.82) is 0 Å². The van der Waals surface area contributed by atoms with Crippen molar-refractivity contribution < 1.29 is 14.5 Å². The first-order valence-electron chi connectivity index (χ1n) is 9.78. The number of rotatable bonds is 7. The van der Waals surface area contributed by atoms with Gasteiger partial charge in [0.1, 0.15) is 12.6 Å². The van der Waals surface area contributed by atoms with Gasteiger partial charge >= 0.3 is 0 Å². The topological polar surface area (TPSA) is 62.6 Å². The second-order valence-corrected chi connectivity index (χ2v) is 7.70. The van der Waals surface area contributed by atoms with Crippen LogP contribution < -0.4 is 15.5 Å². The van der Waals surface area contributed by atoms with E-state index < -0.39 is 6.04 Å². The van der Waals surface area contributed by atoms with E-state index in [1.807, 2.05) is 12.1 Å². The standard InChI is InChI=1S/C22H26ClN3O2/c1-16(25-22(28)19-10-4-5-11-20(19)23)21(27)24-14-17-8-2-3-9-18(17)15-26-12-6-7-13-26/h2-5,8-11,16H,6-7,12-15H2,1H3,(H,24,27)(H,25,28)/p+1/t16-/m0/s1. The molecule has 3 N–H and O–H groups in total. The number of halogens is 1. The average Bonchev–Trinajstić information content (AvgIpc) is 3.20. The van der Waals surface area contributed by atoms with Gasteiger partial charge in [-0.05, 0) is 24.6 Å². The summed E-state index contributed by atoms with van der Waals surface area (Å²) >= 11 is 6.05. The number of quaternary nitrogens is 1. The molecule has 1 atom stereocenters. The van der Waals surface area contributed by atoms with Gasteiger partial charge in [0, 0.05) is 24.9 Å². The van der Waals surface area contributed by atoms with Crippen molar-refractivity contribution in [3.8, 4) is 0 Å². The molecular formula is C22H27ClN3O2+. The summed E-state index contributed by atoms with van der Waals surface area (Å²) in [6.07, 6.45) is 2.58. The summed E-state index contributed by atoms with van der Waals surface area (Å²) in [5.41, 5.74) is 2.76. The third-order valence-electron chi connectivity index (χ3n) is 5.18. The molecule has 2 aromatic carbocycles. The number of amides is 2. The van der Waals surface area contributed by atoms with Gasteiger partial charge in [-0.3, -0.25) is 9.59 Å². The van der Waals surface area contributed by atoms with E-state index in [1.165, 1.54) is 31.5 Å². The molecule has 1 fully saturated rings. The molecule has 148 valence electrons. The Balaban J connectivity index is 1.55. The van der Waals surface area contributed by atoms with Crippen LogP contribution in [0.25, 0.3) is 0 Å². The molecule has 2 aromatic rings. The second kappa shape index (κ2) is 9.71. The molecule has 0 aromatic heterocycles. The third kappa shape index (κ3) is 5.33. The number of hydrogen-bond donors (Lipinski definition) is 3. The summed E-state index contributed by atoms with van der Waals surface area (Å²) < 4.78 is 0. The van der Waals surface area contributed by atoms with E-state index >= 15 is 0 Å². The zero-order valence-corrected chi connectivity index (χ0v) is 16.9. The highest BCUT2D eigenvalue weighted by molar-refractivity contribution is 6.33. The Morgan fingerprint density at radius 3 is 2.39 bits per heavy atom. The van der Waals surface area contributed by atoms with E-state index in [0.29, 0.717) is 17.1 Å². The molecule has 6 heteroatoms. The molecule has 1 aliphatic heterocycles. The largest absolute Gasteiger partial charge is 0.350 e. The second-order valence-electron chi connectivity index (χ2n) is 7.30. The van der Waals surface area contributed by atoms with Crippen LogP contribution in [-0.4, -0.2) is 30.9 Å². The Bertz CT molecular complexity index is 834. The summed E-state index contributed by atoms with van der Waals surface area (Å²) in [4.78, 5) is 26.4. The van der Waals surface area contributed by atoms with Crippen molar-refractivity contribution in [3.63, 3.8) is 0 Å². The first kappa shape index (κ1) is 20.4. The van der Waals surface area contributed by atoms with Crippen LogP contribution in [0.5, 0.6) is 0 Å². The molecule has 2 amide bonds. The lowest BCUT2D eigenvalue weighted by Crippen LogP contribution is -3.08. The quantitative estimate of drug-likeness (QED) is 0.665. The van der Waals surface area contributed by atoms with Gasteiger partial charge in [0.05, 0.1) is 23.7 Å². The Morgan fingerprint density at radius 1 is 1.04 bits per heavy atom. The van der Waals surface area contributed by atoms with Crippen molar-refractivity contribution >= 4 is 23.4 Å². The van der Waals surface area contributed by atoms with E-state index in [9.17, 15) is 9.59 Å². The monoisotopic (exact) mass is 400 g/mol. The summed E-state index contributed by atoms with van der Waals surface area (Å²) in [5, 5.41) is 6.01. The predicted molar refractivity (Wildman–Crippen MR) is 110 cm³/mol. The smallest absolute Gasteiger partial charge is 0.253 e. The fourth-order valence-corrected chi connectivity index (χ4v) is 3.77. The Hall–Kier alpha value is -2.37. The molecule has 1 aliphatic rings. The van der Waals surface area contributed by atoms with Crippen molar-refractivity contribution in [2.45, 2.75) is 38.9 Å². The number of carbonyl (C=O) groups is 2. The first-order chi connectivity index (χ1) is 13.5. The maximum Gasteiger partial charge on any atom is 0.253 e. The maximum atomic E-state index is 12.5. The van der Waals surface area contributed by atoms with E-state index in [1.54, 1.807) is 36.1 Å². The van der Waals surface area contributed by atoms with Gasteiger partial charge in [-0.15, -0.1) is 0 Å². The van der Waals surface area contributed by atoms with Gasteiger partial charge < -0.3 is 15.5 Å². The number of likely N-dealkylation sites (tertiary alicyclic amines) is 1. The highest BCUT2D eigenvalue weighted by atomic mass is 35.5. The predicted octanol–water partition coefficient (Wildman–Crippen LogP) is 1.95. The molecule has 0 bridgehead atoms. The molecule has 3 rings (SSSR count).